The molecule has 0 saturated carbocycles. The lowest BCUT2D eigenvalue weighted by Gasteiger charge is -2.25. The van der Waals surface area contributed by atoms with Gasteiger partial charge in [-0.3, -0.25) is 9.59 Å². The number of hydrogen-bond donors (Lipinski definition) is 4. The van der Waals surface area contributed by atoms with E-state index in [0.717, 1.165) is 0 Å². The zero-order chi connectivity index (χ0) is 20.8. The number of carbonyl (C=O) groups is 4. The summed E-state index contributed by atoms with van der Waals surface area (Å²) >= 11 is 0. The molecule has 2 rings (SSSR count). The van der Waals surface area contributed by atoms with Crippen LogP contribution in [0.5, 0.6) is 0 Å². The van der Waals surface area contributed by atoms with Crippen LogP contribution in [0.1, 0.15) is 25.7 Å². The third-order valence-corrected chi connectivity index (χ3v) is 7.33. The summed E-state index contributed by atoms with van der Waals surface area (Å²) in [7, 11) is 2.57. The van der Waals surface area contributed by atoms with Crippen LogP contribution in [-0.2, 0) is 19.2 Å². The van der Waals surface area contributed by atoms with Crippen LogP contribution < -0.4 is 11.5 Å². The van der Waals surface area contributed by atoms with Gasteiger partial charge in [0.15, 0.2) is 0 Å². The minimum atomic E-state index is -1.02. The summed E-state index contributed by atoms with van der Waals surface area (Å²) in [6.07, 6.45) is 2.14. The van der Waals surface area contributed by atoms with Crippen molar-refractivity contribution < 1.29 is 29.4 Å². The van der Waals surface area contributed by atoms with Crippen LogP contribution >= 0.6 is 21.6 Å². The molecule has 2 heterocycles. The fraction of sp³-hybridized carbons (Fsp3) is 0.750. The first-order valence-corrected chi connectivity index (χ1v) is 11.5. The lowest BCUT2D eigenvalue weighted by Crippen LogP contribution is -2.49. The topological polar surface area (TPSA) is 167 Å². The maximum atomic E-state index is 12.3. The Balaban J connectivity index is 1.73. The molecular formula is C16H26N4O6S2. The molecule has 2 aliphatic heterocycles. The maximum Gasteiger partial charge on any atom is 0.326 e. The van der Waals surface area contributed by atoms with Gasteiger partial charge in [0.2, 0.25) is 11.8 Å². The summed E-state index contributed by atoms with van der Waals surface area (Å²) in [5.74, 6) is -2.31. The van der Waals surface area contributed by atoms with E-state index in [9.17, 15) is 19.2 Å². The van der Waals surface area contributed by atoms with Gasteiger partial charge in [-0.1, -0.05) is 21.6 Å². The zero-order valence-electron chi connectivity index (χ0n) is 15.4. The van der Waals surface area contributed by atoms with Gasteiger partial charge in [-0.25, -0.2) is 9.59 Å². The van der Waals surface area contributed by atoms with Crippen molar-refractivity contribution in [3.8, 4) is 0 Å². The molecule has 12 heteroatoms. The van der Waals surface area contributed by atoms with Crippen molar-refractivity contribution in [3.63, 3.8) is 0 Å². The van der Waals surface area contributed by atoms with Gasteiger partial charge >= 0.3 is 11.9 Å². The van der Waals surface area contributed by atoms with Crippen molar-refractivity contribution in [2.75, 3.05) is 24.6 Å². The summed E-state index contributed by atoms with van der Waals surface area (Å²) in [5.41, 5.74) is 11.8. The second-order valence-corrected chi connectivity index (χ2v) is 9.39. The van der Waals surface area contributed by atoms with Crippen LogP contribution in [0.3, 0.4) is 0 Å². The zero-order valence-corrected chi connectivity index (χ0v) is 17.0. The molecule has 0 radical (unpaired) electrons. The van der Waals surface area contributed by atoms with Gasteiger partial charge < -0.3 is 31.5 Å². The van der Waals surface area contributed by atoms with Crippen LogP contribution in [0.25, 0.3) is 0 Å². The van der Waals surface area contributed by atoms with E-state index in [1.807, 2.05) is 0 Å². The van der Waals surface area contributed by atoms with Crippen LogP contribution in [-0.4, -0.2) is 92.5 Å². The number of carbonyl (C=O) groups excluding carboxylic acids is 2. The van der Waals surface area contributed by atoms with E-state index in [4.69, 9.17) is 21.7 Å². The van der Waals surface area contributed by atoms with Crippen molar-refractivity contribution >= 4 is 45.3 Å². The average Bonchev–Trinajstić information content (AvgIpc) is 3.32. The Morgan fingerprint density at radius 1 is 0.821 bits per heavy atom. The van der Waals surface area contributed by atoms with Gasteiger partial charge in [0.05, 0.1) is 12.1 Å². The van der Waals surface area contributed by atoms with Crippen molar-refractivity contribution in [2.45, 2.75) is 49.9 Å². The van der Waals surface area contributed by atoms with Crippen LogP contribution in [0.2, 0.25) is 0 Å². The lowest BCUT2D eigenvalue weighted by atomic mass is 10.2. The molecule has 0 bridgehead atoms. The summed E-state index contributed by atoms with van der Waals surface area (Å²) in [4.78, 5) is 49.7. The number of nitrogens with zero attached hydrogens (tertiary/aromatic N) is 2. The van der Waals surface area contributed by atoms with E-state index in [0.29, 0.717) is 38.8 Å². The van der Waals surface area contributed by atoms with Gasteiger partial charge in [0.25, 0.3) is 0 Å². The highest BCUT2D eigenvalue weighted by molar-refractivity contribution is 8.76. The Morgan fingerprint density at radius 3 is 1.50 bits per heavy atom. The largest absolute Gasteiger partial charge is 0.480 e. The van der Waals surface area contributed by atoms with Crippen molar-refractivity contribution in [1.29, 1.82) is 0 Å². The Labute approximate surface area is 170 Å². The van der Waals surface area contributed by atoms with Gasteiger partial charge in [-0.2, -0.15) is 0 Å². The molecule has 158 valence electrons. The van der Waals surface area contributed by atoms with Crippen LogP contribution in [0.15, 0.2) is 0 Å². The predicted molar refractivity (Wildman–Crippen MR) is 106 cm³/mol. The summed E-state index contributed by atoms with van der Waals surface area (Å²) in [6, 6.07) is -3.30. The van der Waals surface area contributed by atoms with E-state index < -0.39 is 36.1 Å². The minimum Gasteiger partial charge on any atom is -0.480 e. The number of nitrogens with two attached hydrogens (primary N) is 2. The summed E-state index contributed by atoms with van der Waals surface area (Å²) in [5, 5.41) is 18.3. The Morgan fingerprint density at radius 2 is 1.18 bits per heavy atom. The standard InChI is InChI=1S/C16H26N4O6S2/c17-9(13(21)19-5-1-3-11(19)15(23)24)7-27-28-8-10(18)14(22)20-6-2-4-12(20)16(25)26/h9-12H,1-8,17-18H2,(H,23,24)(H,25,26)/t9-,10-,11-,12-/m0/s1. The average molecular weight is 435 g/mol. The fourth-order valence-corrected chi connectivity index (χ4v) is 5.61. The van der Waals surface area contributed by atoms with Crippen LogP contribution in [0, 0.1) is 0 Å². The van der Waals surface area contributed by atoms with Gasteiger partial charge in [0, 0.05) is 24.6 Å². The van der Waals surface area contributed by atoms with Gasteiger partial charge in [-0.15, -0.1) is 0 Å². The monoisotopic (exact) mass is 434 g/mol. The number of aliphatic carboxylic acids is 2. The third kappa shape index (κ3) is 5.52. The second-order valence-electron chi connectivity index (χ2n) is 6.84. The Hall–Kier alpha value is -1.50. The molecule has 2 amide bonds. The van der Waals surface area contributed by atoms with Crippen molar-refractivity contribution in [1.82, 2.24) is 9.80 Å². The van der Waals surface area contributed by atoms with E-state index in [1.165, 1.54) is 31.4 Å². The summed E-state index contributed by atoms with van der Waals surface area (Å²) < 4.78 is 0. The molecule has 2 fully saturated rings. The van der Waals surface area contributed by atoms with E-state index in [-0.39, 0.29) is 23.3 Å². The second kappa shape index (κ2) is 10.3. The molecule has 6 N–H and O–H groups in total. The number of hydrogen-bond acceptors (Lipinski definition) is 8. The van der Waals surface area contributed by atoms with Crippen molar-refractivity contribution in [2.24, 2.45) is 11.5 Å². The lowest BCUT2D eigenvalue weighted by molar-refractivity contribution is -0.148. The quantitative estimate of drug-likeness (QED) is 0.266. The normalized spacial score (nSPS) is 24.2. The molecule has 0 aromatic carbocycles. The van der Waals surface area contributed by atoms with Gasteiger partial charge in [0.1, 0.15) is 12.1 Å². The molecule has 4 atom stereocenters. The predicted octanol–water partition coefficient (Wildman–Crippen LogP) is -0.826. The smallest absolute Gasteiger partial charge is 0.326 e. The van der Waals surface area contributed by atoms with E-state index in [1.54, 1.807) is 0 Å². The fourth-order valence-electron chi connectivity index (χ4n) is 3.39. The van der Waals surface area contributed by atoms with E-state index >= 15 is 0 Å². The summed E-state index contributed by atoms with van der Waals surface area (Å²) in [6.45, 7) is 0.780. The van der Waals surface area contributed by atoms with E-state index in [2.05, 4.69) is 0 Å². The first kappa shape index (κ1) is 22.8. The highest BCUT2D eigenvalue weighted by Crippen LogP contribution is 2.26. The first-order valence-electron chi connectivity index (χ1n) is 9.06. The SMILES string of the molecule is N[C@@H](CSSC[C@H](N)C(=O)N1CCC[C@H]1C(=O)O)C(=O)N1CCC[C@H]1C(=O)O. The molecule has 0 unspecified atom stereocenters. The maximum absolute atomic E-state index is 12.3. The number of likely N-dealkylation sites (tertiary alicyclic amines) is 2. The Kier molecular flexibility index (Phi) is 8.40. The number of amides is 2. The molecule has 2 aliphatic rings. The molecule has 28 heavy (non-hydrogen) atoms. The van der Waals surface area contributed by atoms with Crippen LogP contribution in [0.4, 0.5) is 0 Å². The number of carboxylic acid groups (broad SMARTS) is 2. The molecule has 0 spiro atoms. The highest BCUT2D eigenvalue weighted by atomic mass is 33.1. The Bertz CT molecular complexity index is 570. The van der Waals surface area contributed by atoms with Gasteiger partial charge in [-0.05, 0) is 25.7 Å². The molecule has 0 aromatic rings. The third-order valence-electron chi connectivity index (χ3n) is 4.85. The highest BCUT2D eigenvalue weighted by Gasteiger charge is 2.37. The first-order chi connectivity index (χ1) is 13.2. The molecule has 0 aliphatic carbocycles. The number of rotatable bonds is 9. The number of carboxylic acids is 2. The minimum absolute atomic E-state index is 0.259. The van der Waals surface area contributed by atoms with Crippen molar-refractivity contribution in [3.05, 3.63) is 0 Å². The molecule has 0 aromatic heterocycles. The molecule has 2 saturated heterocycles. The molecule has 10 nitrogen and oxygen atoms in total. The molecular weight excluding hydrogens is 408 g/mol.